The number of benzene rings is 1. The lowest BCUT2D eigenvalue weighted by Gasteiger charge is -2.26. The first kappa shape index (κ1) is 17.2. The van der Waals surface area contributed by atoms with Crippen LogP contribution < -0.4 is 9.80 Å². The summed E-state index contributed by atoms with van der Waals surface area (Å²) < 4.78 is 5.58. The van der Waals surface area contributed by atoms with Gasteiger partial charge in [0.05, 0.1) is 23.9 Å². The lowest BCUT2D eigenvalue weighted by Crippen LogP contribution is -2.42. The SMILES string of the molecule is C=CCCO[C@@H](C)C(=O)N1C[C@@H](C)C(=O)N(C)c2ccccc21. The van der Waals surface area contributed by atoms with E-state index >= 15 is 0 Å². The molecule has 0 unspecified atom stereocenters. The maximum Gasteiger partial charge on any atom is 0.255 e. The van der Waals surface area contributed by atoms with E-state index in [1.807, 2.05) is 31.2 Å². The Morgan fingerprint density at radius 2 is 2.09 bits per heavy atom. The van der Waals surface area contributed by atoms with Gasteiger partial charge in [-0.05, 0) is 25.5 Å². The van der Waals surface area contributed by atoms with Crippen LogP contribution in [0.25, 0.3) is 0 Å². The first-order valence-corrected chi connectivity index (χ1v) is 7.87. The van der Waals surface area contributed by atoms with E-state index in [2.05, 4.69) is 6.58 Å². The number of fused-ring (bicyclic) bond motifs is 1. The minimum atomic E-state index is -0.561. The summed E-state index contributed by atoms with van der Waals surface area (Å²) >= 11 is 0. The van der Waals surface area contributed by atoms with Gasteiger partial charge in [-0.2, -0.15) is 0 Å². The minimum absolute atomic E-state index is 0.00739. The number of nitrogens with zero attached hydrogens (tertiary/aromatic N) is 2. The fourth-order valence-corrected chi connectivity index (χ4v) is 2.70. The number of anilines is 2. The van der Waals surface area contributed by atoms with Gasteiger partial charge in [-0.15, -0.1) is 6.58 Å². The van der Waals surface area contributed by atoms with Gasteiger partial charge in [0, 0.05) is 13.6 Å². The molecule has 0 spiro atoms. The summed E-state index contributed by atoms with van der Waals surface area (Å²) in [5, 5.41) is 0. The van der Waals surface area contributed by atoms with Crippen LogP contribution in [0.5, 0.6) is 0 Å². The van der Waals surface area contributed by atoms with Gasteiger partial charge in [-0.1, -0.05) is 25.1 Å². The third-order valence-electron chi connectivity index (χ3n) is 4.05. The molecule has 0 aromatic heterocycles. The van der Waals surface area contributed by atoms with Crippen molar-refractivity contribution >= 4 is 23.2 Å². The van der Waals surface area contributed by atoms with Crippen LogP contribution in [-0.2, 0) is 14.3 Å². The maximum atomic E-state index is 12.8. The zero-order chi connectivity index (χ0) is 17.0. The van der Waals surface area contributed by atoms with Crippen LogP contribution in [-0.4, -0.2) is 38.1 Å². The van der Waals surface area contributed by atoms with Crippen molar-refractivity contribution in [1.82, 2.24) is 0 Å². The largest absolute Gasteiger partial charge is 0.368 e. The van der Waals surface area contributed by atoms with E-state index in [1.165, 1.54) is 0 Å². The van der Waals surface area contributed by atoms with Gasteiger partial charge >= 0.3 is 0 Å². The van der Waals surface area contributed by atoms with Crippen molar-refractivity contribution in [2.45, 2.75) is 26.4 Å². The number of rotatable bonds is 5. The maximum absolute atomic E-state index is 12.8. The van der Waals surface area contributed by atoms with Crippen LogP contribution in [0.4, 0.5) is 11.4 Å². The highest BCUT2D eigenvalue weighted by Gasteiger charge is 2.33. The number of amides is 2. The van der Waals surface area contributed by atoms with Crippen LogP contribution in [0.3, 0.4) is 0 Å². The van der Waals surface area contributed by atoms with E-state index in [4.69, 9.17) is 4.74 Å². The highest BCUT2D eigenvalue weighted by Crippen LogP contribution is 2.33. The van der Waals surface area contributed by atoms with Crippen molar-refractivity contribution in [3.8, 4) is 0 Å². The molecule has 2 atom stereocenters. The number of carbonyl (C=O) groups is 2. The van der Waals surface area contributed by atoms with Crippen LogP contribution in [0.2, 0.25) is 0 Å². The molecule has 1 aromatic carbocycles. The summed E-state index contributed by atoms with van der Waals surface area (Å²) in [5.74, 6) is -0.388. The fraction of sp³-hybridized carbons (Fsp3) is 0.444. The Labute approximate surface area is 137 Å². The van der Waals surface area contributed by atoms with E-state index in [1.54, 1.807) is 29.8 Å². The Morgan fingerprint density at radius 3 is 2.74 bits per heavy atom. The van der Waals surface area contributed by atoms with E-state index in [9.17, 15) is 9.59 Å². The van der Waals surface area contributed by atoms with Gasteiger partial charge in [0.15, 0.2) is 0 Å². The summed E-state index contributed by atoms with van der Waals surface area (Å²) in [5.41, 5.74) is 1.49. The van der Waals surface area contributed by atoms with Crippen molar-refractivity contribution in [3.63, 3.8) is 0 Å². The highest BCUT2D eigenvalue weighted by molar-refractivity contribution is 6.06. The van der Waals surface area contributed by atoms with Crippen LogP contribution in [0.1, 0.15) is 20.3 Å². The molecular formula is C18H24N2O3. The van der Waals surface area contributed by atoms with Crippen LogP contribution in [0.15, 0.2) is 36.9 Å². The molecule has 124 valence electrons. The van der Waals surface area contributed by atoms with Gasteiger partial charge in [0.25, 0.3) is 5.91 Å². The summed E-state index contributed by atoms with van der Waals surface area (Å²) in [4.78, 5) is 28.5. The Bertz CT molecular complexity index is 600. The molecule has 1 aliphatic rings. The predicted octanol–water partition coefficient (Wildman–Crippen LogP) is 2.61. The third kappa shape index (κ3) is 3.62. The molecule has 0 fully saturated rings. The topological polar surface area (TPSA) is 49.9 Å². The average Bonchev–Trinajstić information content (AvgIpc) is 2.65. The quantitative estimate of drug-likeness (QED) is 0.620. The number of carbonyl (C=O) groups excluding carboxylic acids is 2. The smallest absolute Gasteiger partial charge is 0.255 e. The lowest BCUT2D eigenvalue weighted by atomic mass is 10.1. The molecule has 1 heterocycles. The minimum Gasteiger partial charge on any atom is -0.368 e. The summed E-state index contributed by atoms with van der Waals surface area (Å²) in [6, 6.07) is 7.46. The van der Waals surface area contributed by atoms with Crippen molar-refractivity contribution in [2.75, 3.05) is 30.0 Å². The predicted molar refractivity (Wildman–Crippen MR) is 91.6 cm³/mol. The molecule has 0 radical (unpaired) electrons. The average molecular weight is 316 g/mol. The second-order valence-electron chi connectivity index (χ2n) is 5.83. The molecule has 1 aliphatic heterocycles. The van der Waals surface area contributed by atoms with Gasteiger partial charge in [-0.3, -0.25) is 9.59 Å². The van der Waals surface area contributed by atoms with Crippen LogP contribution in [0, 0.1) is 5.92 Å². The molecule has 1 aromatic rings. The Hall–Kier alpha value is -2.14. The molecule has 23 heavy (non-hydrogen) atoms. The first-order chi connectivity index (χ1) is 11.0. The number of para-hydroxylation sites is 2. The molecule has 5 heteroatoms. The molecule has 0 saturated heterocycles. The van der Waals surface area contributed by atoms with Gasteiger partial charge in [0.2, 0.25) is 5.91 Å². The third-order valence-corrected chi connectivity index (χ3v) is 4.05. The van der Waals surface area contributed by atoms with Crippen molar-refractivity contribution in [3.05, 3.63) is 36.9 Å². The van der Waals surface area contributed by atoms with Gasteiger partial charge in [-0.25, -0.2) is 0 Å². The zero-order valence-electron chi connectivity index (χ0n) is 14.0. The Balaban J connectivity index is 2.29. The summed E-state index contributed by atoms with van der Waals surface area (Å²) in [6.45, 7) is 8.04. The second kappa shape index (κ2) is 7.42. The highest BCUT2D eigenvalue weighted by atomic mass is 16.5. The molecule has 0 aliphatic carbocycles. The molecule has 0 N–H and O–H groups in total. The van der Waals surface area contributed by atoms with E-state index in [-0.39, 0.29) is 17.7 Å². The van der Waals surface area contributed by atoms with E-state index in [0.29, 0.717) is 19.6 Å². The fourth-order valence-electron chi connectivity index (χ4n) is 2.70. The van der Waals surface area contributed by atoms with Gasteiger partial charge < -0.3 is 14.5 Å². The van der Waals surface area contributed by atoms with Crippen LogP contribution >= 0.6 is 0 Å². The lowest BCUT2D eigenvalue weighted by molar-refractivity contribution is -0.129. The van der Waals surface area contributed by atoms with E-state index in [0.717, 1.165) is 11.4 Å². The molecule has 2 rings (SSSR count). The van der Waals surface area contributed by atoms with Gasteiger partial charge in [0.1, 0.15) is 6.10 Å². The van der Waals surface area contributed by atoms with E-state index < -0.39 is 6.10 Å². The van der Waals surface area contributed by atoms with Crippen molar-refractivity contribution in [1.29, 1.82) is 0 Å². The van der Waals surface area contributed by atoms with Crippen molar-refractivity contribution < 1.29 is 14.3 Å². The first-order valence-electron chi connectivity index (χ1n) is 7.87. The molecule has 0 bridgehead atoms. The Kier molecular flexibility index (Phi) is 5.55. The second-order valence-corrected chi connectivity index (χ2v) is 5.83. The van der Waals surface area contributed by atoms with Crippen molar-refractivity contribution in [2.24, 2.45) is 5.92 Å². The number of ether oxygens (including phenoxy) is 1. The molecule has 5 nitrogen and oxygen atoms in total. The monoisotopic (exact) mass is 316 g/mol. The molecule has 0 saturated carbocycles. The normalized spacial score (nSPS) is 19.1. The standard InChI is InChI=1S/C18H24N2O3/c1-5-6-11-23-14(3)18(22)20-12-13(2)17(21)19(4)15-9-7-8-10-16(15)20/h5,7-10,13-14H,1,6,11-12H2,2-4H3/t13-,14+/m1/s1. The Morgan fingerprint density at radius 1 is 1.43 bits per heavy atom. The summed E-state index contributed by atoms with van der Waals surface area (Å²) in [7, 11) is 1.75. The zero-order valence-corrected chi connectivity index (χ0v) is 14.0. The molecular weight excluding hydrogens is 292 g/mol. The number of hydrogen-bond acceptors (Lipinski definition) is 3. The summed E-state index contributed by atoms with van der Waals surface area (Å²) in [6.07, 6.45) is 1.90. The molecule has 2 amide bonds. The number of hydrogen-bond donors (Lipinski definition) is 0.